The zero-order valence-electron chi connectivity index (χ0n) is 15.0. The number of sulfonamides is 1. The molecule has 0 aliphatic carbocycles. The minimum atomic E-state index is -5.04. The van der Waals surface area contributed by atoms with Gasteiger partial charge < -0.3 is 14.2 Å². The van der Waals surface area contributed by atoms with Crippen molar-refractivity contribution in [2.45, 2.75) is 17.7 Å². The van der Waals surface area contributed by atoms with Crippen LogP contribution in [0, 0.1) is 0 Å². The van der Waals surface area contributed by atoms with E-state index in [0.29, 0.717) is 13.1 Å². The summed E-state index contributed by atoms with van der Waals surface area (Å²) in [5.74, 6) is -2.25. The molecule has 0 spiro atoms. The Hall–Kier alpha value is -2.83. The number of para-hydroxylation sites is 1. The van der Waals surface area contributed by atoms with Gasteiger partial charge in [0.05, 0.1) is 10.6 Å². The molecule has 0 atom stereocenters. The number of nitrogens with one attached hydrogen (secondary N) is 1. The summed E-state index contributed by atoms with van der Waals surface area (Å²) >= 11 is 0. The predicted octanol–water partition coefficient (Wildman–Crippen LogP) is 1.97. The van der Waals surface area contributed by atoms with E-state index in [2.05, 4.69) is 8.91 Å². The second-order valence-corrected chi connectivity index (χ2v) is 9.01. The van der Waals surface area contributed by atoms with Crippen LogP contribution >= 0.6 is 0 Å². The van der Waals surface area contributed by atoms with Crippen LogP contribution in [0.3, 0.4) is 0 Å². The van der Waals surface area contributed by atoms with Gasteiger partial charge in [-0.1, -0.05) is 18.2 Å². The average Bonchev–Trinajstić information content (AvgIpc) is 3.15. The molecule has 0 unspecified atom stereocenters. The number of benzene rings is 2. The van der Waals surface area contributed by atoms with E-state index in [9.17, 15) is 26.7 Å². The van der Waals surface area contributed by atoms with Gasteiger partial charge in [0.15, 0.2) is 5.75 Å². The van der Waals surface area contributed by atoms with E-state index in [1.807, 2.05) is 0 Å². The van der Waals surface area contributed by atoms with Gasteiger partial charge in [-0.05, 0) is 37.1 Å². The molecule has 1 aliphatic rings. The SMILES string of the molecule is O=C(O)c1cc(S(=O)(=O)Nc2ccccc2)cc(N2CCCC2)c1OS(=O)(=O)O. The molecule has 0 aromatic heterocycles. The lowest BCUT2D eigenvalue weighted by Crippen LogP contribution is -2.23. The molecule has 1 saturated heterocycles. The van der Waals surface area contributed by atoms with Crippen molar-refractivity contribution in [2.75, 3.05) is 22.7 Å². The summed E-state index contributed by atoms with van der Waals surface area (Å²) in [6.45, 7) is 0.882. The molecule has 3 rings (SSSR count). The summed E-state index contributed by atoms with van der Waals surface area (Å²) in [5, 5.41) is 9.52. The summed E-state index contributed by atoms with van der Waals surface area (Å²) in [7, 11) is -9.23. The normalized spacial score (nSPS) is 14.6. The number of aromatic carboxylic acids is 1. The van der Waals surface area contributed by atoms with Crippen molar-refractivity contribution >= 4 is 37.8 Å². The minimum absolute atomic E-state index is 0.0477. The van der Waals surface area contributed by atoms with Crippen LogP contribution in [-0.2, 0) is 20.4 Å². The third-order valence-corrected chi connectivity index (χ3v) is 5.98. The van der Waals surface area contributed by atoms with E-state index in [-0.39, 0.29) is 16.3 Å². The molecule has 1 fully saturated rings. The van der Waals surface area contributed by atoms with Crippen molar-refractivity contribution in [1.29, 1.82) is 0 Å². The lowest BCUT2D eigenvalue weighted by molar-refractivity contribution is 0.0694. The largest absolute Gasteiger partial charge is 0.478 e. The highest BCUT2D eigenvalue weighted by Gasteiger charge is 2.29. The second-order valence-electron chi connectivity index (χ2n) is 6.30. The molecule has 1 heterocycles. The number of carbonyl (C=O) groups is 1. The van der Waals surface area contributed by atoms with E-state index < -0.39 is 37.7 Å². The standard InChI is InChI=1S/C17H18N2O8S2/c20-17(21)14-10-13(28(22,23)18-12-6-2-1-3-7-12)11-15(19-8-4-5-9-19)16(14)27-29(24,25)26/h1-3,6-7,10-11,18H,4-5,8-9H2,(H,20,21)(H,24,25,26). The van der Waals surface area contributed by atoms with E-state index >= 15 is 0 Å². The third-order valence-electron chi connectivity index (χ3n) is 4.24. The molecular formula is C17H18N2O8S2. The highest BCUT2D eigenvalue weighted by atomic mass is 32.3. The molecule has 0 amide bonds. The highest BCUT2D eigenvalue weighted by Crippen LogP contribution is 2.38. The fourth-order valence-corrected chi connectivity index (χ4v) is 4.50. The summed E-state index contributed by atoms with van der Waals surface area (Å²) in [4.78, 5) is 12.9. The molecule has 0 saturated carbocycles. The molecule has 156 valence electrons. The zero-order valence-corrected chi connectivity index (χ0v) is 16.6. The van der Waals surface area contributed by atoms with Gasteiger partial charge in [0, 0.05) is 18.8 Å². The van der Waals surface area contributed by atoms with Crippen LogP contribution in [0.2, 0.25) is 0 Å². The number of nitrogens with zero attached hydrogens (tertiary/aromatic N) is 1. The molecule has 0 radical (unpaired) electrons. The number of anilines is 2. The van der Waals surface area contributed by atoms with Gasteiger partial charge in [-0.15, -0.1) is 0 Å². The first-order valence-electron chi connectivity index (χ1n) is 8.48. The van der Waals surface area contributed by atoms with Crippen molar-refractivity contribution in [2.24, 2.45) is 0 Å². The van der Waals surface area contributed by atoms with Crippen LogP contribution in [0.25, 0.3) is 0 Å². The molecule has 10 nitrogen and oxygen atoms in total. The van der Waals surface area contributed by atoms with Crippen LogP contribution in [0.15, 0.2) is 47.4 Å². The van der Waals surface area contributed by atoms with Crippen LogP contribution in [0.1, 0.15) is 23.2 Å². The Morgan fingerprint density at radius 3 is 2.21 bits per heavy atom. The Bertz CT molecular complexity index is 1130. The van der Waals surface area contributed by atoms with Gasteiger partial charge in [-0.3, -0.25) is 9.27 Å². The van der Waals surface area contributed by atoms with Crippen molar-refractivity contribution in [3.63, 3.8) is 0 Å². The molecular weight excluding hydrogens is 424 g/mol. The number of carboxylic acids is 1. The van der Waals surface area contributed by atoms with Crippen LogP contribution in [0.5, 0.6) is 5.75 Å². The maximum Gasteiger partial charge on any atom is 0.446 e. The molecule has 2 aromatic rings. The highest BCUT2D eigenvalue weighted by molar-refractivity contribution is 7.92. The van der Waals surface area contributed by atoms with Crippen molar-refractivity contribution in [3.8, 4) is 5.75 Å². The van der Waals surface area contributed by atoms with Crippen LogP contribution in [0.4, 0.5) is 11.4 Å². The Morgan fingerprint density at radius 2 is 1.66 bits per heavy atom. The third kappa shape index (κ3) is 4.96. The quantitative estimate of drug-likeness (QED) is 0.547. The first-order valence-corrected chi connectivity index (χ1v) is 11.3. The predicted molar refractivity (Wildman–Crippen MR) is 104 cm³/mol. The number of hydrogen-bond donors (Lipinski definition) is 3. The summed E-state index contributed by atoms with van der Waals surface area (Å²) in [5.41, 5.74) is -0.487. The lowest BCUT2D eigenvalue weighted by Gasteiger charge is -2.22. The molecule has 29 heavy (non-hydrogen) atoms. The number of rotatable bonds is 7. The fourth-order valence-electron chi connectivity index (χ4n) is 3.01. The molecule has 1 aliphatic heterocycles. The maximum absolute atomic E-state index is 12.8. The first-order chi connectivity index (χ1) is 13.6. The molecule has 12 heteroatoms. The first kappa shape index (κ1) is 20.9. The maximum atomic E-state index is 12.8. The van der Waals surface area contributed by atoms with E-state index in [4.69, 9.17) is 4.55 Å². The van der Waals surface area contributed by atoms with Gasteiger partial charge in [0.2, 0.25) is 0 Å². The Morgan fingerprint density at radius 1 is 1.03 bits per heavy atom. The zero-order chi connectivity index (χ0) is 21.2. The van der Waals surface area contributed by atoms with Crippen LogP contribution in [-0.4, -0.2) is 45.6 Å². The second kappa shape index (κ2) is 7.89. The number of hydrogen-bond acceptors (Lipinski definition) is 7. The van der Waals surface area contributed by atoms with E-state index in [1.165, 1.54) is 12.1 Å². The summed E-state index contributed by atoms with van der Waals surface area (Å²) < 4.78 is 64.1. The van der Waals surface area contributed by atoms with Gasteiger partial charge in [0.25, 0.3) is 10.0 Å². The summed E-state index contributed by atoms with van der Waals surface area (Å²) in [6, 6.07) is 9.91. The fraction of sp³-hybridized carbons (Fsp3) is 0.235. The van der Waals surface area contributed by atoms with E-state index in [1.54, 1.807) is 23.1 Å². The van der Waals surface area contributed by atoms with E-state index in [0.717, 1.165) is 25.0 Å². The topological polar surface area (TPSA) is 150 Å². The number of carboxylic acid groups (broad SMARTS) is 1. The Labute approximate surface area is 167 Å². The van der Waals surface area contributed by atoms with Gasteiger partial charge in [-0.25, -0.2) is 13.2 Å². The minimum Gasteiger partial charge on any atom is -0.478 e. The Kier molecular flexibility index (Phi) is 5.68. The van der Waals surface area contributed by atoms with Crippen molar-refractivity contribution < 1.29 is 35.5 Å². The smallest absolute Gasteiger partial charge is 0.446 e. The van der Waals surface area contributed by atoms with Crippen LogP contribution < -0.4 is 13.8 Å². The van der Waals surface area contributed by atoms with Gasteiger partial charge in [-0.2, -0.15) is 8.42 Å². The van der Waals surface area contributed by atoms with Crippen molar-refractivity contribution in [3.05, 3.63) is 48.0 Å². The van der Waals surface area contributed by atoms with Gasteiger partial charge in [0.1, 0.15) is 5.56 Å². The Balaban J connectivity index is 2.17. The van der Waals surface area contributed by atoms with Crippen molar-refractivity contribution in [1.82, 2.24) is 0 Å². The lowest BCUT2D eigenvalue weighted by atomic mass is 10.1. The van der Waals surface area contributed by atoms with Gasteiger partial charge >= 0.3 is 16.4 Å². The monoisotopic (exact) mass is 442 g/mol. The molecule has 0 bridgehead atoms. The summed E-state index contributed by atoms with van der Waals surface area (Å²) in [6.07, 6.45) is 1.49. The molecule has 2 aromatic carbocycles. The molecule has 3 N–H and O–H groups in total. The average molecular weight is 442 g/mol.